The van der Waals surface area contributed by atoms with Crippen LogP contribution in [-0.2, 0) is 27.7 Å². The Morgan fingerprint density at radius 2 is 1.90 bits per heavy atom. The maximum Gasteiger partial charge on any atom is 0.241 e. The Morgan fingerprint density at radius 1 is 1.17 bits per heavy atom. The van der Waals surface area contributed by atoms with Crippen molar-refractivity contribution in [2.24, 2.45) is 0 Å². The molecular weight excluding hydrogens is 388 g/mol. The lowest BCUT2D eigenvalue weighted by Crippen LogP contribution is -2.41. The number of amides is 1. The number of ether oxygens (including phenoxy) is 1. The van der Waals surface area contributed by atoms with Crippen LogP contribution in [0.4, 0.5) is 5.69 Å². The average Bonchev–Trinajstić information content (AvgIpc) is 3.13. The lowest BCUT2D eigenvalue weighted by atomic mass is 10.0. The lowest BCUT2D eigenvalue weighted by molar-refractivity contribution is -0.120. The van der Waals surface area contributed by atoms with Gasteiger partial charge in [-0.25, -0.2) is 8.42 Å². The van der Waals surface area contributed by atoms with Gasteiger partial charge in [-0.05, 0) is 67.5 Å². The molecule has 1 aliphatic rings. The van der Waals surface area contributed by atoms with Crippen molar-refractivity contribution < 1.29 is 17.9 Å². The zero-order valence-electron chi connectivity index (χ0n) is 17.4. The number of carbonyl (C=O) groups is 1. The van der Waals surface area contributed by atoms with Crippen LogP contribution < -0.4 is 14.4 Å². The smallest absolute Gasteiger partial charge is 0.241 e. The topological polar surface area (TPSA) is 75.7 Å². The van der Waals surface area contributed by atoms with E-state index in [0.29, 0.717) is 11.4 Å². The van der Waals surface area contributed by atoms with Crippen molar-refractivity contribution in [2.45, 2.75) is 39.2 Å². The van der Waals surface area contributed by atoms with E-state index in [2.05, 4.69) is 17.4 Å². The first kappa shape index (κ1) is 21.2. The molecule has 0 aliphatic heterocycles. The molecule has 1 atom stereocenters. The highest BCUT2D eigenvalue weighted by Crippen LogP contribution is 2.31. The first-order chi connectivity index (χ1) is 13.7. The van der Waals surface area contributed by atoms with Gasteiger partial charge in [-0.15, -0.1) is 0 Å². The summed E-state index contributed by atoms with van der Waals surface area (Å²) in [6, 6.07) is 11.3. The predicted octanol–water partition coefficient (Wildman–Crippen LogP) is 3.14. The summed E-state index contributed by atoms with van der Waals surface area (Å²) in [6.45, 7) is 3.46. The molecule has 0 saturated carbocycles. The summed E-state index contributed by atoms with van der Waals surface area (Å²) >= 11 is 0. The molecule has 2 aromatic rings. The van der Waals surface area contributed by atoms with Gasteiger partial charge in [-0.3, -0.25) is 9.10 Å². The van der Waals surface area contributed by atoms with Crippen molar-refractivity contribution in [1.29, 1.82) is 0 Å². The summed E-state index contributed by atoms with van der Waals surface area (Å²) in [4.78, 5) is 12.7. The van der Waals surface area contributed by atoms with E-state index in [-0.39, 0.29) is 18.5 Å². The third-order valence-corrected chi connectivity index (χ3v) is 6.42. The normalized spacial score (nSPS) is 14.2. The molecule has 0 bridgehead atoms. The Morgan fingerprint density at radius 3 is 2.59 bits per heavy atom. The summed E-state index contributed by atoms with van der Waals surface area (Å²) in [5.41, 5.74) is 4.97. The minimum Gasteiger partial charge on any atom is -0.495 e. The number of anilines is 1. The molecule has 156 valence electrons. The standard InChI is InChI=1S/C22H28N2O4S/c1-15-8-11-21(28-3)20(12-15)24(29(4,26)27)14-22(25)23-16(2)18-10-9-17-6-5-7-19(17)13-18/h8-13,16H,5-7,14H2,1-4H3,(H,23,25)/t16-/m1/s1. The highest BCUT2D eigenvalue weighted by Gasteiger charge is 2.25. The molecule has 1 aliphatic carbocycles. The van der Waals surface area contributed by atoms with E-state index in [1.807, 2.05) is 26.0 Å². The summed E-state index contributed by atoms with van der Waals surface area (Å²) in [7, 11) is -2.20. The van der Waals surface area contributed by atoms with Gasteiger partial charge in [0.1, 0.15) is 12.3 Å². The van der Waals surface area contributed by atoms with Crippen molar-refractivity contribution in [3.63, 3.8) is 0 Å². The van der Waals surface area contributed by atoms with Crippen molar-refractivity contribution in [1.82, 2.24) is 5.32 Å². The number of aryl methyl sites for hydroxylation is 3. The van der Waals surface area contributed by atoms with Crippen LogP contribution in [0.15, 0.2) is 36.4 Å². The van der Waals surface area contributed by atoms with Crippen LogP contribution in [0, 0.1) is 6.92 Å². The Kier molecular flexibility index (Phi) is 6.17. The molecule has 3 rings (SSSR count). The number of sulfonamides is 1. The van der Waals surface area contributed by atoms with Crippen molar-refractivity contribution in [2.75, 3.05) is 24.2 Å². The number of fused-ring (bicyclic) bond motifs is 1. The van der Waals surface area contributed by atoms with Crippen LogP contribution >= 0.6 is 0 Å². The van der Waals surface area contributed by atoms with Crippen LogP contribution in [-0.4, -0.2) is 34.2 Å². The molecule has 0 radical (unpaired) electrons. The maximum absolute atomic E-state index is 12.7. The molecule has 1 N–H and O–H groups in total. The summed E-state index contributed by atoms with van der Waals surface area (Å²) in [5, 5.41) is 2.93. The number of nitrogens with zero attached hydrogens (tertiary/aromatic N) is 1. The van der Waals surface area contributed by atoms with E-state index in [9.17, 15) is 13.2 Å². The number of hydrogen-bond acceptors (Lipinski definition) is 4. The Balaban J connectivity index is 1.78. The van der Waals surface area contributed by atoms with E-state index >= 15 is 0 Å². The quantitative estimate of drug-likeness (QED) is 0.752. The van der Waals surface area contributed by atoms with Crippen LogP contribution in [0.3, 0.4) is 0 Å². The largest absolute Gasteiger partial charge is 0.495 e. The van der Waals surface area contributed by atoms with E-state index in [0.717, 1.165) is 34.5 Å². The molecule has 0 unspecified atom stereocenters. The second-order valence-electron chi connectivity index (χ2n) is 7.62. The lowest BCUT2D eigenvalue weighted by Gasteiger charge is -2.25. The number of benzene rings is 2. The van der Waals surface area contributed by atoms with E-state index in [1.54, 1.807) is 12.1 Å². The Bertz CT molecular complexity index is 1020. The van der Waals surface area contributed by atoms with Gasteiger partial charge in [0.15, 0.2) is 0 Å². The van der Waals surface area contributed by atoms with Crippen LogP contribution in [0.25, 0.3) is 0 Å². The van der Waals surface area contributed by atoms with Gasteiger partial charge in [-0.2, -0.15) is 0 Å². The fourth-order valence-electron chi connectivity index (χ4n) is 3.74. The minimum absolute atomic E-state index is 0.214. The van der Waals surface area contributed by atoms with E-state index in [4.69, 9.17) is 4.74 Å². The molecule has 0 heterocycles. The number of hydrogen-bond donors (Lipinski definition) is 1. The van der Waals surface area contributed by atoms with Gasteiger partial charge in [0.25, 0.3) is 0 Å². The highest BCUT2D eigenvalue weighted by atomic mass is 32.2. The molecule has 2 aromatic carbocycles. The number of nitrogens with one attached hydrogen (secondary N) is 1. The van der Waals surface area contributed by atoms with Gasteiger partial charge in [0, 0.05) is 0 Å². The molecule has 1 amide bonds. The monoisotopic (exact) mass is 416 g/mol. The van der Waals surface area contributed by atoms with Crippen LogP contribution in [0.2, 0.25) is 0 Å². The maximum atomic E-state index is 12.7. The number of rotatable bonds is 7. The number of carbonyl (C=O) groups excluding carboxylic acids is 1. The van der Waals surface area contributed by atoms with Gasteiger partial charge >= 0.3 is 0 Å². The number of methoxy groups -OCH3 is 1. The summed E-state index contributed by atoms with van der Waals surface area (Å²) in [5.74, 6) is 0.0347. The van der Waals surface area contributed by atoms with E-state index in [1.165, 1.54) is 24.7 Å². The minimum atomic E-state index is -3.68. The van der Waals surface area contributed by atoms with Crippen molar-refractivity contribution >= 4 is 21.6 Å². The zero-order chi connectivity index (χ0) is 21.2. The summed E-state index contributed by atoms with van der Waals surface area (Å²) in [6.07, 6.45) is 4.43. The third kappa shape index (κ3) is 4.90. The van der Waals surface area contributed by atoms with Crippen LogP contribution in [0.5, 0.6) is 5.75 Å². The SMILES string of the molecule is COc1ccc(C)cc1N(CC(=O)N[C@H](C)c1ccc2c(c1)CCC2)S(C)(=O)=O. The summed E-state index contributed by atoms with van der Waals surface area (Å²) < 4.78 is 31.2. The first-order valence-electron chi connectivity index (χ1n) is 9.72. The molecule has 6 nitrogen and oxygen atoms in total. The van der Waals surface area contributed by atoms with Gasteiger partial charge in [-0.1, -0.05) is 24.3 Å². The molecule has 0 aromatic heterocycles. The van der Waals surface area contributed by atoms with Gasteiger partial charge < -0.3 is 10.1 Å². The average molecular weight is 417 g/mol. The molecular formula is C22H28N2O4S. The third-order valence-electron chi connectivity index (χ3n) is 5.29. The second-order valence-corrected chi connectivity index (χ2v) is 9.52. The molecule has 7 heteroatoms. The molecule has 0 spiro atoms. The van der Waals surface area contributed by atoms with Gasteiger partial charge in [0.05, 0.1) is 25.1 Å². The van der Waals surface area contributed by atoms with Crippen molar-refractivity contribution in [3.8, 4) is 5.75 Å². The molecule has 0 fully saturated rings. The van der Waals surface area contributed by atoms with Crippen LogP contribution in [0.1, 0.15) is 41.6 Å². The van der Waals surface area contributed by atoms with E-state index < -0.39 is 10.0 Å². The predicted molar refractivity (Wildman–Crippen MR) is 115 cm³/mol. The van der Waals surface area contributed by atoms with Gasteiger partial charge in [0.2, 0.25) is 15.9 Å². The molecule has 29 heavy (non-hydrogen) atoms. The Hall–Kier alpha value is -2.54. The fraction of sp³-hybridized carbons (Fsp3) is 0.409. The zero-order valence-corrected chi connectivity index (χ0v) is 18.2. The first-order valence-corrected chi connectivity index (χ1v) is 11.6. The van der Waals surface area contributed by atoms with Crippen molar-refractivity contribution in [3.05, 3.63) is 58.7 Å². The Labute approximate surface area is 172 Å². The second kappa shape index (κ2) is 8.45. The fourth-order valence-corrected chi connectivity index (χ4v) is 4.59. The highest BCUT2D eigenvalue weighted by molar-refractivity contribution is 7.92. The molecule has 0 saturated heterocycles.